The van der Waals surface area contributed by atoms with Gasteiger partial charge in [-0.05, 0) is 55.7 Å². The number of hydrogen-bond acceptors (Lipinski definition) is 2. The minimum Gasteiger partial charge on any atom is -0.397 e. The zero-order valence-electron chi connectivity index (χ0n) is 9.91. The number of nitrogen functional groups attached to an aromatic ring is 1. The van der Waals surface area contributed by atoms with E-state index in [0.29, 0.717) is 0 Å². The SMILES string of the molecule is Cc1cc(C)c(-c2ncccc2N)cc1C. The maximum atomic E-state index is 5.95. The molecule has 2 nitrogen and oxygen atoms in total. The van der Waals surface area contributed by atoms with Crippen molar-refractivity contribution in [3.63, 3.8) is 0 Å². The number of aryl methyl sites for hydroxylation is 3. The van der Waals surface area contributed by atoms with Crippen molar-refractivity contribution >= 4 is 5.69 Å². The Morgan fingerprint density at radius 3 is 2.38 bits per heavy atom. The van der Waals surface area contributed by atoms with Gasteiger partial charge in [-0.25, -0.2) is 0 Å². The van der Waals surface area contributed by atoms with Crippen molar-refractivity contribution in [2.45, 2.75) is 20.8 Å². The second kappa shape index (κ2) is 3.97. The van der Waals surface area contributed by atoms with E-state index in [1.54, 1.807) is 6.20 Å². The number of nitrogens with zero attached hydrogens (tertiary/aromatic N) is 1. The lowest BCUT2D eigenvalue weighted by atomic mass is 9.98. The molecule has 2 N–H and O–H groups in total. The van der Waals surface area contributed by atoms with Gasteiger partial charge in [-0.2, -0.15) is 0 Å². The topological polar surface area (TPSA) is 38.9 Å². The van der Waals surface area contributed by atoms with Crippen LogP contribution in [0.3, 0.4) is 0 Å². The van der Waals surface area contributed by atoms with Crippen LogP contribution in [0.2, 0.25) is 0 Å². The van der Waals surface area contributed by atoms with Crippen molar-refractivity contribution in [1.82, 2.24) is 4.98 Å². The van der Waals surface area contributed by atoms with Crippen LogP contribution >= 0.6 is 0 Å². The third-order valence-corrected chi connectivity index (χ3v) is 2.93. The van der Waals surface area contributed by atoms with Gasteiger partial charge < -0.3 is 5.73 Å². The first-order valence-corrected chi connectivity index (χ1v) is 5.38. The molecule has 16 heavy (non-hydrogen) atoms. The van der Waals surface area contributed by atoms with E-state index < -0.39 is 0 Å². The molecule has 1 heterocycles. The molecular weight excluding hydrogens is 196 g/mol. The first-order chi connectivity index (χ1) is 7.59. The van der Waals surface area contributed by atoms with Gasteiger partial charge in [0.1, 0.15) is 0 Å². The number of hydrogen-bond donors (Lipinski definition) is 1. The second-order valence-corrected chi connectivity index (χ2v) is 4.19. The van der Waals surface area contributed by atoms with Crippen LogP contribution in [0, 0.1) is 20.8 Å². The van der Waals surface area contributed by atoms with E-state index in [0.717, 1.165) is 16.9 Å². The average molecular weight is 212 g/mol. The first kappa shape index (κ1) is 10.7. The standard InChI is InChI=1S/C14H16N2/c1-9-7-11(3)12(8-10(9)2)14-13(15)5-4-6-16-14/h4-8H,15H2,1-3H3. The Labute approximate surface area is 96.1 Å². The quantitative estimate of drug-likeness (QED) is 0.788. The molecule has 1 aromatic heterocycles. The van der Waals surface area contributed by atoms with Gasteiger partial charge in [0.05, 0.1) is 11.4 Å². The van der Waals surface area contributed by atoms with E-state index in [4.69, 9.17) is 5.73 Å². The molecule has 0 aliphatic heterocycles. The Kier molecular flexibility index (Phi) is 2.65. The fraction of sp³-hybridized carbons (Fsp3) is 0.214. The summed E-state index contributed by atoms with van der Waals surface area (Å²) in [5.74, 6) is 0. The predicted octanol–water partition coefficient (Wildman–Crippen LogP) is 3.26. The van der Waals surface area contributed by atoms with Gasteiger partial charge in [0, 0.05) is 11.8 Å². The Bertz CT molecular complexity index is 530. The highest BCUT2D eigenvalue weighted by Crippen LogP contribution is 2.28. The van der Waals surface area contributed by atoms with Crippen LogP contribution in [0.15, 0.2) is 30.5 Å². The smallest absolute Gasteiger partial charge is 0.0933 e. The lowest BCUT2D eigenvalue weighted by Crippen LogP contribution is -1.96. The van der Waals surface area contributed by atoms with Crippen molar-refractivity contribution in [3.05, 3.63) is 47.2 Å². The van der Waals surface area contributed by atoms with E-state index in [9.17, 15) is 0 Å². The van der Waals surface area contributed by atoms with Gasteiger partial charge in [0.2, 0.25) is 0 Å². The van der Waals surface area contributed by atoms with Gasteiger partial charge in [-0.3, -0.25) is 4.98 Å². The number of pyridine rings is 1. The number of rotatable bonds is 1. The summed E-state index contributed by atoms with van der Waals surface area (Å²) in [4.78, 5) is 4.36. The molecule has 2 rings (SSSR count). The van der Waals surface area contributed by atoms with Crippen molar-refractivity contribution in [2.24, 2.45) is 0 Å². The molecule has 2 heteroatoms. The molecule has 0 aliphatic carbocycles. The summed E-state index contributed by atoms with van der Waals surface area (Å²) >= 11 is 0. The molecule has 0 saturated carbocycles. The number of benzene rings is 1. The summed E-state index contributed by atoms with van der Waals surface area (Å²) in [5, 5.41) is 0. The molecule has 0 fully saturated rings. The molecule has 0 spiro atoms. The Morgan fingerprint density at radius 1 is 1.00 bits per heavy atom. The highest BCUT2D eigenvalue weighted by Gasteiger charge is 2.08. The number of nitrogens with two attached hydrogens (primary N) is 1. The Morgan fingerprint density at radius 2 is 1.69 bits per heavy atom. The molecule has 0 amide bonds. The van der Waals surface area contributed by atoms with Gasteiger partial charge in [0.15, 0.2) is 0 Å². The van der Waals surface area contributed by atoms with Crippen LogP contribution in [0.4, 0.5) is 5.69 Å². The molecule has 0 bridgehead atoms. The lowest BCUT2D eigenvalue weighted by Gasteiger charge is -2.10. The van der Waals surface area contributed by atoms with Crippen molar-refractivity contribution in [2.75, 3.05) is 5.73 Å². The zero-order valence-corrected chi connectivity index (χ0v) is 9.91. The molecular formula is C14H16N2. The van der Waals surface area contributed by atoms with Crippen molar-refractivity contribution < 1.29 is 0 Å². The highest BCUT2D eigenvalue weighted by molar-refractivity contribution is 5.75. The number of anilines is 1. The third-order valence-electron chi connectivity index (χ3n) is 2.93. The minimum atomic E-state index is 0.730. The van der Waals surface area contributed by atoms with Gasteiger partial charge >= 0.3 is 0 Å². The predicted molar refractivity (Wildman–Crippen MR) is 68.3 cm³/mol. The van der Waals surface area contributed by atoms with Crippen molar-refractivity contribution in [3.8, 4) is 11.3 Å². The largest absolute Gasteiger partial charge is 0.397 e. The van der Waals surface area contributed by atoms with Crippen LogP contribution in [-0.2, 0) is 0 Å². The highest BCUT2D eigenvalue weighted by atomic mass is 14.7. The average Bonchev–Trinajstić information content (AvgIpc) is 2.25. The van der Waals surface area contributed by atoms with E-state index in [2.05, 4.69) is 37.9 Å². The molecule has 0 aliphatic rings. The Hall–Kier alpha value is -1.83. The third kappa shape index (κ3) is 1.78. The molecule has 1 aromatic carbocycles. The van der Waals surface area contributed by atoms with E-state index in [-0.39, 0.29) is 0 Å². The Balaban J connectivity index is 2.65. The van der Waals surface area contributed by atoms with Crippen LogP contribution < -0.4 is 5.73 Å². The fourth-order valence-corrected chi connectivity index (χ4v) is 1.86. The summed E-state index contributed by atoms with van der Waals surface area (Å²) < 4.78 is 0. The second-order valence-electron chi connectivity index (χ2n) is 4.19. The van der Waals surface area contributed by atoms with Gasteiger partial charge in [-0.1, -0.05) is 6.07 Å². The zero-order chi connectivity index (χ0) is 11.7. The van der Waals surface area contributed by atoms with E-state index in [1.807, 2.05) is 12.1 Å². The van der Waals surface area contributed by atoms with Crippen LogP contribution in [0.25, 0.3) is 11.3 Å². The van der Waals surface area contributed by atoms with Crippen LogP contribution in [0.5, 0.6) is 0 Å². The van der Waals surface area contributed by atoms with Crippen molar-refractivity contribution in [1.29, 1.82) is 0 Å². The molecule has 2 aromatic rings. The van der Waals surface area contributed by atoms with E-state index >= 15 is 0 Å². The molecule has 0 atom stereocenters. The summed E-state index contributed by atoms with van der Waals surface area (Å²) in [5.41, 5.74) is 12.5. The van der Waals surface area contributed by atoms with Crippen LogP contribution in [-0.4, -0.2) is 4.98 Å². The van der Waals surface area contributed by atoms with Gasteiger partial charge in [0.25, 0.3) is 0 Å². The maximum absolute atomic E-state index is 5.95. The first-order valence-electron chi connectivity index (χ1n) is 5.38. The summed E-state index contributed by atoms with van der Waals surface area (Å²) in [6.07, 6.45) is 1.78. The number of aromatic nitrogens is 1. The summed E-state index contributed by atoms with van der Waals surface area (Å²) in [7, 11) is 0. The molecule has 0 unspecified atom stereocenters. The van der Waals surface area contributed by atoms with E-state index in [1.165, 1.54) is 16.7 Å². The summed E-state index contributed by atoms with van der Waals surface area (Å²) in [6, 6.07) is 8.08. The monoisotopic (exact) mass is 212 g/mol. The normalized spacial score (nSPS) is 10.4. The molecule has 0 saturated heterocycles. The summed E-state index contributed by atoms with van der Waals surface area (Å²) in [6.45, 7) is 6.32. The van der Waals surface area contributed by atoms with Gasteiger partial charge in [-0.15, -0.1) is 0 Å². The van der Waals surface area contributed by atoms with Crippen LogP contribution in [0.1, 0.15) is 16.7 Å². The molecule has 82 valence electrons. The maximum Gasteiger partial charge on any atom is 0.0933 e. The fourth-order valence-electron chi connectivity index (χ4n) is 1.86. The molecule has 0 radical (unpaired) electrons. The lowest BCUT2D eigenvalue weighted by molar-refractivity contribution is 1.26. The minimum absolute atomic E-state index is 0.730.